The Morgan fingerprint density at radius 3 is 2.42 bits per heavy atom. The van der Waals surface area contributed by atoms with Gasteiger partial charge in [0.15, 0.2) is 16.5 Å². The van der Waals surface area contributed by atoms with Gasteiger partial charge in [0, 0.05) is 0 Å². The second-order valence-corrected chi connectivity index (χ2v) is 4.41. The number of hydrogen-bond acceptors (Lipinski definition) is 6. The number of ether oxygens (including phenoxy) is 2. The third-order valence-electron chi connectivity index (χ3n) is 1.91. The van der Waals surface area contributed by atoms with E-state index in [-0.39, 0.29) is 17.5 Å². The van der Waals surface area contributed by atoms with Crippen LogP contribution in [0.3, 0.4) is 0 Å². The first-order valence-electron chi connectivity index (χ1n) is 4.99. The largest absolute Gasteiger partial charge is 0.573 e. The van der Waals surface area contributed by atoms with Crippen molar-refractivity contribution in [2.24, 2.45) is 0 Å². The molecule has 0 spiro atoms. The molecule has 0 aliphatic carbocycles. The van der Waals surface area contributed by atoms with E-state index in [1.54, 1.807) is 0 Å². The Labute approximate surface area is 109 Å². The van der Waals surface area contributed by atoms with Crippen molar-refractivity contribution in [3.8, 4) is 11.5 Å². The van der Waals surface area contributed by atoms with E-state index in [1.807, 2.05) is 0 Å². The van der Waals surface area contributed by atoms with Crippen LogP contribution in [0.5, 0.6) is 11.5 Å². The molecule has 0 saturated heterocycles. The number of benzene rings is 1. The molecule has 0 fully saturated rings. The van der Waals surface area contributed by atoms with E-state index < -0.39 is 12.1 Å². The first-order valence-corrected chi connectivity index (χ1v) is 5.81. The maximum Gasteiger partial charge on any atom is 0.573 e. The number of para-hydroxylation sites is 2. The third-order valence-corrected chi connectivity index (χ3v) is 2.63. The summed E-state index contributed by atoms with van der Waals surface area (Å²) in [5, 5.41) is 7.98. The maximum atomic E-state index is 12.2. The first kappa shape index (κ1) is 13.4. The Morgan fingerprint density at radius 1 is 1.16 bits per heavy atom. The molecule has 0 radical (unpaired) electrons. The van der Waals surface area contributed by atoms with Gasteiger partial charge in [-0.1, -0.05) is 23.5 Å². The van der Waals surface area contributed by atoms with Gasteiger partial charge >= 0.3 is 6.36 Å². The zero-order chi connectivity index (χ0) is 13.9. The van der Waals surface area contributed by atoms with Gasteiger partial charge in [-0.25, -0.2) is 0 Å². The predicted molar refractivity (Wildman–Crippen MR) is 61.8 cm³/mol. The van der Waals surface area contributed by atoms with Crippen LogP contribution in [0.1, 0.15) is 5.01 Å². The molecule has 9 heteroatoms. The van der Waals surface area contributed by atoms with Crippen LogP contribution < -0.4 is 15.2 Å². The lowest BCUT2D eigenvalue weighted by molar-refractivity contribution is -0.275. The average Bonchev–Trinajstić information content (AvgIpc) is 2.72. The van der Waals surface area contributed by atoms with Crippen molar-refractivity contribution in [3.63, 3.8) is 0 Å². The Hall–Kier alpha value is -2.03. The Balaban J connectivity index is 2.07. The molecule has 1 aromatic heterocycles. The lowest BCUT2D eigenvalue weighted by atomic mass is 10.3. The Morgan fingerprint density at radius 2 is 1.84 bits per heavy atom. The molecule has 2 rings (SSSR count). The molecule has 2 N–H and O–H groups in total. The number of rotatable bonds is 4. The minimum Gasteiger partial charge on any atom is -0.482 e. The minimum atomic E-state index is -4.77. The molecule has 0 unspecified atom stereocenters. The fourth-order valence-electron chi connectivity index (χ4n) is 1.24. The van der Waals surface area contributed by atoms with Gasteiger partial charge in [-0.15, -0.1) is 23.4 Å². The van der Waals surface area contributed by atoms with Crippen molar-refractivity contribution in [3.05, 3.63) is 29.3 Å². The molecule has 102 valence electrons. The van der Waals surface area contributed by atoms with Crippen LogP contribution in [0.2, 0.25) is 0 Å². The summed E-state index contributed by atoms with van der Waals surface area (Å²) in [4.78, 5) is 0. The number of alkyl halides is 3. The summed E-state index contributed by atoms with van der Waals surface area (Å²) < 4.78 is 45.6. The summed E-state index contributed by atoms with van der Waals surface area (Å²) in [6.07, 6.45) is -4.77. The van der Waals surface area contributed by atoms with Gasteiger partial charge in [0.2, 0.25) is 5.13 Å². The maximum absolute atomic E-state index is 12.2. The highest BCUT2D eigenvalue weighted by atomic mass is 32.1. The molecule has 0 aliphatic heterocycles. The molecule has 0 aliphatic rings. The lowest BCUT2D eigenvalue weighted by Gasteiger charge is -2.13. The number of anilines is 1. The number of aromatic nitrogens is 2. The van der Waals surface area contributed by atoms with E-state index in [0.29, 0.717) is 5.01 Å². The average molecular weight is 291 g/mol. The molecule has 2 aromatic rings. The first-order chi connectivity index (χ1) is 8.94. The van der Waals surface area contributed by atoms with E-state index in [2.05, 4.69) is 14.9 Å². The molecular weight excluding hydrogens is 283 g/mol. The van der Waals surface area contributed by atoms with Gasteiger partial charge in [0.1, 0.15) is 6.61 Å². The van der Waals surface area contributed by atoms with Crippen molar-refractivity contribution >= 4 is 16.5 Å². The molecule has 5 nitrogen and oxygen atoms in total. The fraction of sp³-hybridized carbons (Fsp3) is 0.200. The van der Waals surface area contributed by atoms with E-state index in [4.69, 9.17) is 10.5 Å². The summed E-state index contributed by atoms with van der Waals surface area (Å²) in [5.41, 5.74) is 5.38. The van der Waals surface area contributed by atoms with Crippen LogP contribution in [0.4, 0.5) is 18.3 Å². The van der Waals surface area contributed by atoms with Crippen molar-refractivity contribution in [2.45, 2.75) is 13.0 Å². The molecule has 0 saturated carbocycles. The highest BCUT2D eigenvalue weighted by Gasteiger charge is 2.32. The predicted octanol–water partition coefficient (Wildman–Crippen LogP) is 2.60. The second kappa shape index (κ2) is 5.31. The summed E-state index contributed by atoms with van der Waals surface area (Å²) in [5.74, 6) is -0.443. The number of hydrogen-bond donors (Lipinski definition) is 1. The lowest BCUT2D eigenvalue weighted by Crippen LogP contribution is -2.17. The van der Waals surface area contributed by atoms with Crippen molar-refractivity contribution in [2.75, 3.05) is 5.73 Å². The number of nitrogens with two attached hydrogens (primary N) is 1. The molecule has 0 amide bonds. The van der Waals surface area contributed by atoms with Gasteiger partial charge in [0.25, 0.3) is 0 Å². The van der Waals surface area contributed by atoms with Crippen LogP contribution in [-0.4, -0.2) is 16.6 Å². The third kappa shape index (κ3) is 3.98. The monoisotopic (exact) mass is 291 g/mol. The van der Waals surface area contributed by atoms with E-state index in [9.17, 15) is 13.2 Å². The Kier molecular flexibility index (Phi) is 3.74. The normalized spacial score (nSPS) is 11.3. The number of halogens is 3. The van der Waals surface area contributed by atoms with Gasteiger partial charge in [0.05, 0.1) is 0 Å². The minimum absolute atomic E-state index is 0.0337. The quantitative estimate of drug-likeness (QED) is 0.937. The molecule has 0 atom stereocenters. The van der Waals surface area contributed by atoms with Crippen molar-refractivity contribution < 1.29 is 22.6 Å². The molecule has 1 aromatic carbocycles. The van der Waals surface area contributed by atoms with Crippen LogP contribution in [0.15, 0.2) is 24.3 Å². The number of nitrogens with zero attached hydrogens (tertiary/aromatic N) is 2. The highest BCUT2D eigenvalue weighted by molar-refractivity contribution is 7.15. The highest BCUT2D eigenvalue weighted by Crippen LogP contribution is 2.32. The van der Waals surface area contributed by atoms with Crippen LogP contribution in [0.25, 0.3) is 0 Å². The van der Waals surface area contributed by atoms with E-state index in [1.165, 1.54) is 18.2 Å². The van der Waals surface area contributed by atoms with Crippen molar-refractivity contribution in [1.29, 1.82) is 0 Å². The second-order valence-electron chi connectivity index (χ2n) is 3.32. The summed E-state index contributed by atoms with van der Waals surface area (Å²) in [6, 6.07) is 5.48. The zero-order valence-corrected chi connectivity index (χ0v) is 10.2. The smallest absolute Gasteiger partial charge is 0.482 e. The summed E-state index contributed by atoms with van der Waals surface area (Å²) >= 11 is 1.09. The van der Waals surface area contributed by atoms with Gasteiger partial charge in [-0.3, -0.25) is 0 Å². The topological polar surface area (TPSA) is 70.3 Å². The standard InChI is InChI=1S/C10H8F3N3O2S/c11-10(12,13)18-7-4-2-1-3-6(7)17-5-8-15-16-9(14)19-8/h1-4H,5H2,(H2,14,16). The number of nitrogen functional groups attached to an aromatic ring is 1. The van der Waals surface area contributed by atoms with Crippen molar-refractivity contribution in [1.82, 2.24) is 10.2 Å². The zero-order valence-electron chi connectivity index (χ0n) is 9.35. The summed E-state index contributed by atoms with van der Waals surface area (Å²) in [7, 11) is 0. The Bertz CT molecular complexity index is 559. The molecule has 19 heavy (non-hydrogen) atoms. The van der Waals surface area contributed by atoms with Crippen LogP contribution in [0, 0.1) is 0 Å². The summed E-state index contributed by atoms with van der Waals surface area (Å²) in [6.45, 7) is -0.0346. The molecular formula is C10H8F3N3O2S. The SMILES string of the molecule is Nc1nnc(COc2ccccc2OC(F)(F)F)s1. The van der Waals surface area contributed by atoms with Gasteiger partial charge < -0.3 is 15.2 Å². The fourth-order valence-corrected chi connectivity index (χ4v) is 1.77. The van der Waals surface area contributed by atoms with Gasteiger partial charge in [-0.2, -0.15) is 0 Å². The van der Waals surface area contributed by atoms with Crippen LogP contribution >= 0.6 is 11.3 Å². The molecule has 1 heterocycles. The van der Waals surface area contributed by atoms with E-state index >= 15 is 0 Å². The van der Waals surface area contributed by atoms with Gasteiger partial charge in [-0.05, 0) is 12.1 Å². The van der Waals surface area contributed by atoms with E-state index in [0.717, 1.165) is 17.4 Å². The molecule has 0 bridgehead atoms. The van der Waals surface area contributed by atoms with Crippen LogP contribution in [-0.2, 0) is 6.61 Å².